The summed E-state index contributed by atoms with van der Waals surface area (Å²) in [6, 6.07) is -2.30. The molecule has 5 rings (SSSR count). The zero-order chi connectivity index (χ0) is 17.3. The molecule has 0 aromatic carbocycles. The smallest absolute Gasteiger partial charge is 0.247 e. The molecule has 4 heterocycles. The number of hydrogen-bond acceptors (Lipinski definition) is 5. The number of ether oxygens (including phenoxy) is 1. The fourth-order valence-corrected chi connectivity index (χ4v) is 4.78. The largest absolute Gasteiger partial charge is 0.473 e. The molecule has 2 unspecified atom stereocenters. The van der Waals surface area contributed by atoms with Crippen LogP contribution in [0, 0.1) is 0 Å². The van der Waals surface area contributed by atoms with Crippen molar-refractivity contribution in [2.24, 2.45) is 0 Å². The minimum absolute atomic E-state index is 0.169. The van der Waals surface area contributed by atoms with Crippen LogP contribution in [-0.4, -0.2) is 68.2 Å². The predicted molar refractivity (Wildman–Crippen MR) is 85.6 cm³/mol. The van der Waals surface area contributed by atoms with E-state index in [1.165, 1.54) is 23.5 Å². The predicted octanol–water partition coefficient (Wildman–Crippen LogP) is -0.415. The average molecular weight is 342 g/mol. The van der Waals surface area contributed by atoms with Crippen molar-refractivity contribution in [2.45, 2.75) is 49.2 Å². The van der Waals surface area contributed by atoms with E-state index in [1.54, 1.807) is 17.1 Å². The summed E-state index contributed by atoms with van der Waals surface area (Å²) < 4.78 is 5.23. The number of carbonyl (C=O) groups is 2. The van der Waals surface area contributed by atoms with Crippen molar-refractivity contribution in [1.29, 1.82) is 0 Å². The molecule has 0 saturated carbocycles. The first-order chi connectivity index (χ1) is 12.1. The van der Waals surface area contributed by atoms with Gasteiger partial charge in [-0.3, -0.25) is 9.59 Å². The Hall–Kier alpha value is -2.38. The van der Waals surface area contributed by atoms with Crippen molar-refractivity contribution in [3.63, 3.8) is 0 Å². The Labute approximate surface area is 144 Å². The fourth-order valence-electron chi connectivity index (χ4n) is 4.78. The first-order valence-electron chi connectivity index (χ1n) is 8.47. The molecule has 0 spiro atoms. The number of hydrogen-bond donors (Lipinski definition) is 2. The van der Waals surface area contributed by atoms with Gasteiger partial charge in [0.15, 0.2) is 0 Å². The lowest BCUT2D eigenvalue weighted by Crippen LogP contribution is -2.65. The van der Waals surface area contributed by atoms with Crippen LogP contribution in [0.15, 0.2) is 48.0 Å². The van der Waals surface area contributed by atoms with Crippen molar-refractivity contribution in [3.05, 3.63) is 48.0 Å². The van der Waals surface area contributed by atoms with Crippen molar-refractivity contribution in [3.8, 4) is 0 Å². The lowest BCUT2D eigenvalue weighted by molar-refractivity contribution is -0.163. The molecular formula is C18H18N2O5. The van der Waals surface area contributed by atoms with Gasteiger partial charge in [0, 0.05) is 12.8 Å². The van der Waals surface area contributed by atoms with Crippen molar-refractivity contribution in [1.82, 2.24) is 9.80 Å². The highest BCUT2D eigenvalue weighted by Gasteiger charge is 2.59. The van der Waals surface area contributed by atoms with Gasteiger partial charge in [-0.2, -0.15) is 0 Å². The minimum Gasteiger partial charge on any atom is -0.473 e. The average Bonchev–Trinajstić information content (AvgIpc) is 3.12. The van der Waals surface area contributed by atoms with E-state index in [0.29, 0.717) is 12.8 Å². The molecule has 2 amide bonds. The second kappa shape index (κ2) is 5.06. The molecule has 7 heteroatoms. The van der Waals surface area contributed by atoms with E-state index in [0.717, 1.165) is 11.1 Å². The number of amides is 2. The number of piperazine rings is 1. The molecule has 130 valence electrons. The van der Waals surface area contributed by atoms with Crippen LogP contribution in [0.2, 0.25) is 0 Å². The van der Waals surface area contributed by atoms with E-state index in [1.807, 2.05) is 6.08 Å². The number of fused-ring (bicyclic) bond motifs is 6. The van der Waals surface area contributed by atoms with Crippen LogP contribution in [0.3, 0.4) is 0 Å². The van der Waals surface area contributed by atoms with Gasteiger partial charge in [0.2, 0.25) is 11.8 Å². The Morgan fingerprint density at radius 3 is 2.24 bits per heavy atom. The summed E-state index contributed by atoms with van der Waals surface area (Å²) in [5.74, 6) is -0.340. The zero-order valence-electron chi connectivity index (χ0n) is 13.4. The maximum Gasteiger partial charge on any atom is 0.247 e. The molecule has 4 aliphatic heterocycles. The van der Waals surface area contributed by atoms with E-state index in [9.17, 15) is 19.8 Å². The first kappa shape index (κ1) is 14.9. The van der Waals surface area contributed by atoms with E-state index >= 15 is 0 Å². The third-order valence-electron chi connectivity index (χ3n) is 5.81. The number of aliphatic hydroxyl groups excluding tert-OH is 2. The molecule has 5 aliphatic rings. The van der Waals surface area contributed by atoms with Crippen LogP contribution >= 0.6 is 0 Å². The van der Waals surface area contributed by atoms with E-state index < -0.39 is 36.4 Å². The molecule has 0 aromatic heterocycles. The molecule has 1 aliphatic carbocycles. The summed E-state index contributed by atoms with van der Waals surface area (Å²) in [6.45, 7) is 0. The summed E-state index contributed by atoms with van der Waals surface area (Å²) >= 11 is 0. The Kier molecular flexibility index (Phi) is 3.02. The Bertz CT molecular complexity index is 782. The summed E-state index contributed by atoms with van der Waals surface area (Å²) in [7, 11) is 0. The van der Waals surface area contributed by atoms with Gasteiger partial charge in [-0.05, 0) is 17.2 Å². The molecule has 0 aromatic rings. The Balaban J connectivity index is 1.56. The second-order valence-electron chi connectivity index (χ2n) is 7.09. The van der Waals surface area contributed by atoms with Crippen LogP contribution in [0.25, 0.3) is 0 Å². The summed E-state index contributed by atoms with van der Waals surface area (Å²) in [4.78, 5) is 29.4. The Morgan fingerprint density at radius 2 is 1.52 bits per heavy atom. The van der Waals surface area contributed by atoms with E-state index in [2.05, 4.69) is 0 Å². The second-order valence-corrected chi connectivity index (χ2v) is 7.09. The van der Waals surface area contributed by atoms with Crippen molar-refractivity contribution < 1.29 is 24.5 Å². The highest BCUT2D eigenvalue weighted by Crippen LogP contribution is 2.44. The summed E-state index contributed by atoms with van der Waals surface area (Å²) in [5, 5.41) is 20.7. The molecule has 25 heavy (non-hydrogen) atoms. The van der Waals surface area contributed by atoms with Gasteiger partial charge in [0.25, 0.3) is 0 Å². The summed E-state index contributed by atoms with van der Waals surface area (Å²) in [6.07, 6.45) is 8.76. The van der Waals surface area contributed by atoms with Gasteiger partial charge in [0.05, 0.1) is 36.8 Å². The van der Waals surface area contributed by atoms with Crippen LogP contribution in [0.5, 0.6) is 0 Å². The van der Waals surface area contributed by atoms with Gasteiger partial charge < -0.3 is 24.7 Å². The lowest BCUT2D eigenvalue weighted by Gasteiger charge is -2.43. The van der Waals surface area contributed by atoms with Crippen LogP contribution < -0.4 is 0 Å². The molecule has 0 radical (unpaired) electrons. The molecule has 7 nitrogen and oxygen atoms in total. The SMILES string of the molecule is O=C1[C@@H]2CC3=COC=C[C@H](O)C3N2C(=O)[C@@H]2CC3=CC=C[C@H](O)C3N12. The van der Waals surface area contributed by atoms with Gasteiger partial charge >= 0.3 is 0 Å². The molecule has 0 bridgehead atoms. The maximum atomic E-state index is 13.2. The quantitative estimate of drug-likeness (QED) is 0.624. The third-order valence-corrected chi connectivity index (χ3v) is 5.81. The third kappa shape index (κ3) is 1.88. The van der Waals surface area contributed by atoms with Crippen LogP contribution in [0.4, 0.5) is 0 Å². The van der Waals surface area contributed by atoms with Gasteiger partial charge in [0.1, 0.15) is 12.1 Å². The minimum atomic E-state index is -0.905. The Morgan fingerprint density at radius 1 is 0.920 bits per heavy atom. The van der Waals surface area contributed by atoms with Crippen molar-refractivity contribution in [2.75, 3.05) is 0 Å². The van der Waals surface area contributed by atoms with Gasteiger partial charge in [-0.1, -0.05) is 18.2 Å². The van der Waals surface area contributed by atoms with E-state index in [-0.39, 0.29) is 11.8 Å². The molecule has 3 saturated heterocycles. The fraction of sp³-hybridized carbons (Fsp3) is 0.444. The highest BCUT2D eigenvalue weighted by atomic mass is 16.5. The zero-order valence-corrected chi connectivity index (χ0v) is 13.4. The van der Waals surface area contributed by atoms with Crippen LogP contribution in [0.1, 0.15) is 12.8 Å². The van der Waals surface area contributed by atoms with Crippen LogP contribution in [-0.2, 0) is 14.3 Å². The van der Waals surface area contributed by atoms with Gasteiger partial charge in [-0.25, -0.2) is 0 Å². The van der Waals surface area contributed by atoms with Crippen molar-refractivity contribution >= 4 is 11.8 Å². The topological polar surface area (TPSA) is 90.3 Å². The van der Waals surface area contributed by atoms with E-state index in [4.69, 9.17) is 4.74 Å². The standard InChI is InChI=1S/C18H18N2O5/c21-13-3-1-2-9-6-11-17(23)20-12(18(24)19(11)15(9)13)7-10-8-25-5-4-14(22)16(10)20/h1-5,8,11-16,21-22H,6-7H2/t11-,12-,13-,14-,15?,16?/m0/s1. The number of nitrogens with zero attached hydrogens (tertiary/aromatic N) is 2. The summed E-state index contributed by atoms with van der Waals surface area (Å²) in [5.41, 5.74) is 1.65. The number of rotatable bonds is 0. The van der Waals surface area contributed by atoms with Gasteiger partial charge in [-0.15, -0.1) is 0 Å². The molecular weight excluding hydrogens is 324 g/mol. The number of allylic oxidation sites excluding steroid dienone is 2. The highest BCUT2D eigenvalue weighted by molar-refractivity contribution is 6.00. The molecule has 2 N–H and O–H groups in total. The molecule has 3 fully saturated rings. The molecule has 6 atom stereocenters. The normalized spacial score (nSPS) is 41.4. The lowest BCUT2D eigenvalue weighted by atomic mass is 9.96. The first-order valence-corrected chi connectivity index (χ1v) is 8.47. The maximum absolute atomic E-state index is 13.2. The number of carbonyl (C=O) groups excluding carboxylic acids is 2. The monoisotopic (exact) mass is 342 g/mol. The number of aliphatic hydroxyl groups is 2.